The highest BCUT2D eigenvalue weighted by atomic mass is 32.2. The van der Waals surface area contributed by atoms with Gasteiger partial charge in [0.1, 0.15) is 5.56 Å². The van der Waals surface area contributed by atoms with Gasteiger partial charge in [0.05, 0.1) is 6.20 Å². The minimum absolute atomic E-state index is 0.0590. The van der Waals surface area contributed by atoms with Gasteiger partial charge >= 0.3 is 5.97 Å². The van der Waals surface area contributed by atoms with Crippen LogP contribution in [0, 0.1) is 0 Å². The first kappa shape index (κ1) is 14.4. The van der Waals surface area contributed by atoms with E-state index < -0.39 is 21.0 Å². The fourth-order valence-electron chi connectivity index (χ4n) is 1.95. The third-order valence-electron chi connectivity index (χ3n) is 3.39. The van der Waals surface area contributed by atoms with Gasteiger partial charge in [-0.1, -0.05) is 6.42 Å². The van der Waals surface area contributed by atoms with Crippen molar-refractivity contribution in [3.05, 3.63) is 11.8 Å². The van der Waals surface area contributed by atoms with E-state index in [1.54, 1.807) is 11.8 Å². The number of aromatic nitrogens is 2. The second-order valence-corrected chi connectivity index (χ2v) is 7.46. The molecule has 0 amide bonds. The third kappa shape index (κ3) is 2.77. The number of carbonyl (C=O) groups is 1. The van der Waals surface area contributed by atoms with Crippen LogP contribution in [0.5, 0.6) is 0 Å². The number of aromatic carboxylic acids is 1. The number of hydrogen-bond acceptors (Lipinski definition) is 5. The normalized spacial score (nSPS) is 17.9. The Bertz CT molecular complexity index is 572. The zero-order valence-electron chi connectivity index (χ0n) is 10.3. The summed E-state index contributed by atoms with van der Waals surface area (Å²) in [5.74, 6) is -1.32. The van der Waals surface area contributed by atoms with Crippen LogP contribution in [-0.4, -0.2) is 47.2 Å². The molecule has 2 rings (SSSR count). The number of carboxylic acid groups (broad SMARTS) is 1. The third-order valence-corrected chi connectivity index (χ3v) is 6.18. The average Bonchev–Trinajstić information content (AvgIpc) is 2.77. The Hall–Kier alpha value is -1.06. The van der Waals surface area contributed by atoms with Crippen molar-refractivity contribution >= 4 is 27.8 Å². The summed E-state index contributed by atoms with van der Waals surface area (Å²) in [4.78, 5) is 10.9. The van der Waals surface area contributed by atoms with Gasteiger partial charge < -0.3 is 5.11 Å². The minimum Gasteiger partial charge on any atom is -0.478 e. The zero-order chi connectivity index (χ0) is 14.1. The summed E-state index contributed by atoms with van der Waals surface area (Å²) in [6.07, 6.45) is 5.96. The molecular formula is C10H15N3O4S2. The fourth-order valence-corrected chi connectivity index (χ4v) is 4.17. The van der Waals surface area contributed by atoms with E-state index in [-0.39, 0.29) is 10.3 Å². The van der Waals surface area contributed by atoms with Gasteiger partial charge in [0.25, 0.3) is 10.0 Å². The number of H-pyrrole nitrogens is 1. The van der Waals surface area contributed by atoms with Crippen LogP contribution < -0.4 is 4.72 Å². The van der Waals surface area contributed by atoms with Crippen LogP contribution in [0.25, 0.3) is 0 Å². The van der Waals surface area contributed by atoms with Crippen LogP contribution in [0.4, 0.5) is 0 Å². The van der Waals surface area contributed by atoms with Gasteiger partial charge in [-0.2, -0.15) is 16.9 Å². The SMILES string of the molecule is CSC1(CNS(=O)(=O)c2[nH]ncc2C(=O)O)CCC1. The van der Waals surface area contributed by atoms with E-state index in [4.69, 9.17) is 5.11 Å². The van der Waals surface area contributed by atoms with E-state index in [0.29, 0.717) is 6.54 Å². The highest BCUT2D eigenvalue weighted by Gasteiger charge is 2.37. The van der Waals surface area contributed by atoms with Crippen LogP contribution >= 0.6 is 11.8 Å². The molecule has 1 aromatic rings. The average molecular weight is 305 g/mol. The molecule has 0 aliphatic heterocycles. The number of aromatic amines is 1. The number of thioether (sulfide) groups is 1. The second-order valence-electron chi connectivity index (χ2n) is 4.48. The summed E-state index contributed by atoms with van der Waals surface area (Å²) in [6.45, 7) is 0.300. The first-order valence-electron chi connectivity index (χ1n) is 5.72. The standard InChI is InChI=1S/C10H15N3O4S2/c1-18-10(3-2-4-10)6-12-19(16,17)8-7(9(14)15)5-11-13-8/h5,12H,2-4,6H2,1H3,(H,11,13)(H,14,15). The van der Waals surface area contributed by atoms with Crippen molar-refractivity contribution in [2.24, 2.45) is 0 Å². The van der Waals surface area contributed by atoms with E-state index in [1.807, 2.05) is 6.26 Å². The van der Waals surface area contributed by atoms with Crippen molar-refractivity contribution in [2.75, 3.05) is 12.8 Å². The van der Waals surface area contributed by atoms with Gasteiger partial charge in [-0.05, 0) is 19.1 Å². The van der Waals surface area contributed by atoms with Gasteiger partial charge in [-0.15, -0.1) is 0 Å². The predicted molar refractivity (Wildman–Crippen MR) is 70.8 cm³/mol. The summed E-state index contributed by atoms with van der Waals surface area (Å²) in [5, 5.41) is 14.2. The fraction of sp³-hybridized carbons (Fsp3) is 0.600. The molecule has 0 radical (unpaired) electrons. The van der Waals surface area contributed by atoms with Crippen molar-refractivity contribution in [1.82, 2.24) is 14.9 Å². The molecule has 1 aliphatic carbocycles. The maximum atomic E-state index is 12.1. The van der Waals surface area contributed by atoms with Crippen LogP contribution in [0.2, 0.25) is 0 Å². The Kier molecular flexibility index (Phi) is 3.88. The highest BCUT2D eigenvalue weighted by Crippen LogP contribution is 2.42. The molecule has 0 atom stereocenters. The van der Waals surface area contributed by atoms with Crippen molar-refractivity contribution in [3.8, 4) is 0 Å². The lowest BCUT2D eigenvalue weighted by Crippen LogP contribution is -2.45. The molecule has 1 fully saturated rings. The molecule has 19 heavy (non-hydrogen) atoms. The van der Waals surface area contributed by atoms with Gasteiger partial charge in [-0.25, -0.2) is 17.9 Å². The van der Waals surface area contributed by atoms with Crippen LogP contribution in [-0.2, 0) is 10.0 Å². The van der Waals surface area contributed by atoms with E-state index in [1.165, 1.54) is 0 Å². The van der Waals surface area contributed by atoms with Gasteiger partial charge in [0, 0.05) is 11.3 Å². The van der Waals surface area contributed by atoms with E-state index in [2.05, 4.69) is 14.9 Å². The first-order chi connectivity index (χ1) is 8.90. The minimum atomic E-state index is -3.87. The summed E-state index contributed by atoms with van der Waals surface area (Å²) < 4.78 is 26.5. The molecule has 7 nitrogen and oxygen atoms in total. The quantitative estimate of drug-likeness (QED) is 0.712. The number of rotatable bonds is 6. The molecule has 3 N–H and O–H groups in total. The Morgan fingerprint density at radius 3 is 2.79 bits per heavy atom. The second kappa shape index (κ2) is 5.14. The van der Waals surface area contributed by atoms with E-state index >= 15 is 0 Å². The lowest BCUT2D eigenvalue weighted by Gasteiger charge is -2.40. The zero-order valence-corrected chi connectivity index (χ0v) is 12.0. The molecule has 1 aromatic heterocycles. The maximum Gasteiger partial charge on any atom is 0.340 e. The monoisotopic (exact) mass is 305 g/mol. The lowest BCUT2D eigenvalue weighted by molar-refractivity contribution is 0.0692. The summed E-state index contributed by atoms with van der Waals surface area (Å²) in [6, 6.07) is 0. The largest absolute Gasteiger partial charge is 0.478 e. The first-order valence-corrected chi connectivity index (χ1v) is 8.42. The maximum absolute atomic E-state index is 12.1. The smallest absolute Gasteiger partial charge is 0.340 e. The number of carboxylic acids is 1. The molecule has 9 heteroatoms. The van der Waals surface area contributed by atoms with Crippen molar-refractivity contribution in [2.45, 2.75) is 29.0 Å². The molecule has 0 aromatic carbocycles. The van der Waals surface area contributed by atoms with Gasteiger partial charge in [-0.3, -0.25) is 5.10 Å². The summed E-state index contributed by atoms with van der Waals surface area (Å²) in [5.41, 5.74) is -0.348. The Morgan fingerprint density at radius 2 is 2.32 bits per heavy atom. The predicted octanol–water partition coefficient (Wildman–Crippen LogP) is 0.672. The molecular weight excluding hydrogens is 290 g/mol. The van der Waals surface area contributed by atoms with Gasteiger partial charge in [0.2, 0.25) is 0 Å². The molecule has 106 valence electrons. The number of nitrogens with one attached hydrogen (secondary N) is 2. The topological polar surface area (TPSA) is 112 Å². The summed E-state index contributed by atoms with van der Waals surface area (Å²) >= 11 is 1.64. The number of nitrogens with zero attached hydrogens (tertiary/aromatic N) is 1. The molecule has 1 heterocycles. The molecule has 1 aliphatic rings. The van der Waals surface area contributed by atoms with Gasteiger partial charge in [0.15, 0.2) is 5.03 Å². The summed E-state index contributed by atoms with van der Waals surface area (Å²) in [7, 11) is -3.87. The van der Waals surface area contributed by atoms with Crippen molar-refractivity contribution < 1.29 is 18.3 Å². The molecule has 0 unspecified atom stereocenters. The molecule has 0 saturated heterocycles. The van der Waals surface area contributed by atoms with Crippen LogP contribution in [0.3, 0.4) is 0 Å². The molecule has 1 saturated carbocycles. The Morgan fingerprint density at radius 1 is 1.63 bits per heavy atom. The Balaban J connectivity index is 2.14. The van der Waals surface area contributed by atoms with E-state index in [0.717, 1.165) is 25.5 Å². The molecule has 0 spiro atoms. The highest BCUT2D eigenvalue weighted by molar-refractivity contribution is 8.00. The van der Waals surface area contributed by atoms with Crippen LogP contribution in [0.15, 0.2) is 11.2 Å². The number of sulfonamides is 1. The number of hydrogen-bond donors (Lipinski definition) is 3. The lowest BCUT2D eigenvalue weighted by atomic mass is 9.84. The van der Waals surface area contributed by atoms with E-state index in [9.17, 15) is 13.2 Å². The van der Waals surface area contributed by atoms with Crippen molar-refractivity contribution in [3.63, 3.8) is 0 Å². The molecule has 0 bridgehead atoms. The van der Waals surface area contributed by atoms with Crippen molar-refractivity contribution in [1.29, 1.82) is 0 Å². The van der Waals surface area contributed by atoms with Crippen LogP contribution in [0.1, 0.15) is 29.6 Å². The Labute approximate surface area is 115 Å².